The molecule has 0 aliphatic heterocycles. The van der Waals surface area contributed by atoms with Gasteiger partial charge in [-0.2, -0.15) is 0 Å². The van der Waals surface area contributed by atoms with Crippen LogP contribution in [0.25, 0.3) is 11.0 Å². The van der Waals surface area contributed by atoms with Gasteiger partial charge in [0.05, 0.1) is 17.6 Å². The third-order valence-corrected chi connectivity index (χ3v) is 3.85. The summed E-state index contributed by atoms with van der Waals surface area (Å²) >= 11 is 0. The van der Waals surface area contributed by atoms with Crippen LogP contribution >= 0.6 is 0 Å². The first-order chi connectivity index (χ1) is 10.2. The highest BCUT2D eigenvalue weighted by molar-refractivity contribution is 5.76. The summed E-state index contributed by atoms with van der Waals surface area (Å²) in [6.45, 7) is 0.369. The molecule has 1 atom stereocenters. The maximum atomic E-state index is 6.71. The van der Waals surface area contributed by atoms with Crippen molar-refractivity contribution in [3.05, 3.63) is 66.0 Å². The number of imidazole rings is 1. The summed E-state index contributed by atoms with van der Waals surface area (Å²) in [6, 6.07) is 18.0. The van der Waals surface area contributed by atoms with Crippen LogP contribution in [0.3, 0.4) is 0 Å². The Hall–Kier alpha value is -2.17. The second-order valence-corrected chi connectivity index (χ2v) is 5.25. The van der Waals surface area contributed by atoms with Crippen LogP contribution in [-0.4, -0.2) is 23.3 Å². The quantitative estimate of drug-likeness (QED) is 0.799. The van der Waals surface area contributed by atoms with E-state index in [1.807, 2.05) is 66.2 Å². The van der Waals surface area contributed by atoms with Gasteiger partial charge in [-0.25, -0.2) is 4.98 Å². The Kier molecular flexibility index (Phi) is 3.49. The summed E-state index contributed by atoms with van der Waals surface area (Å²) in [5, 5.41) is 0. The molecular weight excluding hydrogens is 262 g/mol. The van der Waals surface area contributed by atoms with Gasteiger partial charge in [-0.3, -0.25) is 0 Å². The maximum absolute atomic E-state index is 6.71. The van der Waals surface area contributed by atoms with E-state index < -0.39 is 5.54 Å². The lowest BCUT2D eigenvalue weighted by Crippen LogP contribution is -2.44. The molecule has 0 radical (unpaired) electrons. The number of hydrogen-bond donors (Lipinski definition) is 1. The monoisotopic (exact) mass is 281 g/mol. The molecule has 21 heavy (non-hydrogen) atoms. The molecule has 0 saturated carbocycles. The molecule has 0 bridgehead atoms. The van der Waals surface area contributed by atoms with Gasteiger partial charge in [0.1, 0.15) is 11.4 Å². The number of nitrogens with zero attached hydrogens (tertiary/aromatic N) is 2. The molecule has 0 fully saturated rings. The van der Waals surface area contributed by atoms with Crippen LogP contribution in [0.4, 0.5) is 0 Å². The number of fused-ring (bicyclic) bond motifs is 1. The molecular formula is C17H19N3O. The lowest BCUT2D eigenvalue weighted by molar-refractivity contribution is 0.145. The van der Waals surface area contributed by atoms with E-state index >= 15 is 0 Å². The van der Waals surface area contributed by atoms with Crippen LogP contribution in [0.2, 0.25) is 0 Å². The Morgan fingerprint density at radius 2 is 1.76 bits per heavy atom. The van der Waals surface area contributed by atoms with Crippen molar-refractivity contribution in [1.82, 2.24) is 9.55 Å². The molecule has 0 saturated heterocycles. The van der Waals surface area contributed by atoms with E-state index in [0.29, 0.717) is 6.61 Å². The first kappa shape index (κ1) is 13.8. The lowest BCUT2D eigenvalue weighted by atomic mass is 9.91. The van der Waals surface area contributed by atoms with Crippen molar-refractivity contribution in [2.75, 3.05) is 13.7 Å². The fourth-order valence-electron chi connectivity index (χ4n) is 2.78. The average molecular weight is 281 g/mol. The van der Waals surface area contributed by atoms with Crippen molar-refractivity contribution < 1.29 is 4.74 Å². The van der Waals surface area contributed by atoms with Gasteiger partial charge in [0.2, 0.25) is 0 Å². The summed E-state index contributed by atoms with van der Waals surface area (Å²) in [5.41, 5.74) is 8.93. The van der Waals surface area contributed by atoms with E-state index in [1.54, 1.807) is 7.11 Å². The van der Waals surface area contributed by atoms with Gasteiger partial charge < -0.3 is 15.0 Å². The SMILES string of the molecule is COC[C@](N)(c1ccccc1)c1nc2ccccc2n1C. The minimum Gasteiger partial charge on any atom is -0.382 e. The summed E-state index contributed by atoms with van der Waals surface area (Å²) < 4.78 is 7.43. The van der Waals surface area contributed by atoms with Gasteiger partial charge >= 0.3 is 0 Å². The molecule has 0 unspecified atom stereocenters. The zero-order valence-electron chi connectivity index (χ0n) is 12.3. The molecule has 3 aromatic rings. The third kappa shape index (κ3) is 2.22. The lowest BCUT2D eigenvalue weighted by Gasteiger charge is -2.28. The number of hydrogen-bond acceptors (Lipinski definition) is 3. The molecule has 108 valence electrons. The van der Waals surface area contributed by atoms with Crippen LogP contribution in [0.15, 0.2) is 54.6 Å². The number of para-hydroxylation sites is 2. The van der Waals surface area contributed by atoms with Crippen molar-refractivity contribution >= 4 is 11.0 Å². The molecule has 4 heteroatoms. The highest BCUT2D eigenvalue weighted by Gasteiger charge is 2.34. The Morgan fingerprint density at radius 1 is 1.10 bits per heavy atom. The van der Waals surface area contributed by atoms with E-state index in [2.05, 4.69) is 0 Å². The molecule has 0 aliphatic rings. The number of aromatic nitrogens is 2. The minimum atomic E-state index is -0.774. The fourth-order valence-corrected chi connectivity index (χ4v) is 2.78. The van der Waals surface area contributed by atoms with Gasteiger partial charge in [-0.15, -0.1) is 0 Å². The topological polar surface area (TPSA) is 53.1 Å². The van der Waals surface area contributed by atoms with E-state index in [9.17, 15) is 0 Å². The van der Waals surface area contributed by atoms with Gasteiger partial charge in [-0.05, 0) is 17.7 Å². The molecule has 1 heterocycles. The van der Waals surface area contributed by atoms with Gasteiger partial charge in [0.25, 0.3) is 0 Å². The first-order valence-electron chi connectivity index (χ1n) is 6.92. The van der Waals surface area contributed by atoms with Crippen LogP contribution < -0.4 is 5.73 Å². The first-order valence-corrected chi connectivity index (χ1v) is 6.92. The molecule has 0 spiro atoms. The molecule has 2 N–H and O–H groups in total. The molecule has 1 aromatic heterocycles. The van der Waals surface area contributed by atoms with Gasteiger partial charge in [-0.1, -0.05) is 42.5 Å². The number of rotatable bonds is 4. The Bertz CT molecular complexity index is 751. The second-order valence-electron chi connectivity index (χ2n) is 5.25. The number of ether oxygens (including phenoxy) is 1. The van der Waals surface area contributed by atoms with Crippen molar-refractivity contribution in [3.63, 3.8) is 0 Å². The van der Waals surface area contributed by atoms with Crippen molar-refractivity contribution in [2.45, 2.75) is 5.54 Å². The summed E-state index contributed by atoms with van der Waals surface area (Å²) in [7, 11) is 3.65. The Labute approximate surface area is 124 Å². The summed E-state index contributed by atoms with van der Waals surface area (Å²) in [6.07, 6.45) is 0. The van der Waals surface area contributed by atoms with Crippen molar-refractivity contribution in [2.24, 2.45) is 12.8 Å². The predicted octanol–water partition coefficient (Wildman–Crippen LogP) is 2.42. The highest BCUT2D eigenvalue weighted by Crippen LogP contribution is 2.29. The second kappa shape index (κ2) is 5.31. The standard InChI is InChI=1S/C17H19N3O/c1-20-15-11-7-6-10-14(15)19-16(20)17(18,12-21-2)13-8-4-3-5-9-13/h3-11H,12,18H2,1-2H3/t17-/m0/s1. The van der Waals surface area contributed by atoms with E-state index in [4.69, 9.17) is 15.5 Å². The van der Waals surface area contributed by atoms with E-state index in [-0.39, 0.29) is 0 Å². The average Bonchev–Trinajstić information content (AvgIpc) is 2.86. The van der Waals surface area contributed by atoms with Crippen molar-refractivity contribution in [3.8, 4) is 0 Å². The number of nitrogens with two attached hydrogens (primary N) is 1. The molecule has 0 amide bonds. The minimum absolute atomic E-state index is 0.369. The van der Waals surface area contributed by atoms with E-state index in [1.165, 1.54) is 0 Å². The third-order valence-electron chi connectivity index (χ3n) is 3.85. The van der Waals surface area contributed by atoms with Gasteiger partial charge in [0, 0.05) is 14.2 Å². The van der Waals surface area contributed by atoms with Crippen molar-refractivity contribution in [1.29, 1.82) is 0 Å². The maximum Gasteiger partial charge on any atom is 0.136 e. The predicted molar refractivity (Wildman–Crippen MR) is 84.0 cm³/mol. The Balaban J connectivity index is 2.22. The van der Waals surface area contributed by atoms with Crippen LogP contribution in [0.5, 0.6) is 0 Å². The van der Waals surface area contributed by atoms with E-state index in [0.717, 1.165) is 22.4 Å². The highest BCUT2D eigenvalue weighted by atomic mass is 16.5. The number of methoxy groups -OCH3 is 1. The summed E-state index contributed by atoms with van der Waals surface area (Å²) in [4.78, 5) is 4.74. The van der Waals surface area contributed by atoms with Gasteiger partial charge in [0.15, 0.2) is 0 Å². The summed E-state index contributed by atoms with van der Waals surface area (Å²) in [5.74, 6) is 0.803. The fraction of sp³-hybridized carbons (Fsp3) is 0.235. The number of benzene rings is 2. The van der Waals surface area contributed by atoms with Crippen LogP contribution in [0.1, 0.15) is 11.4 Å². The Morgan fingerprint density at radius 3 is 2.43 bits per heavy atom. The largest absolute Gasteiger partial charge is 0.382 e. The zero-order valence-corrected chi connectivity index (χ0v) is 12.3. The molecule has 2 aromatic carbocycles. The normalized spacial score (nSPS) is 14.2. The molecule has 3 rings (SSSR count). The van der Waals surface area contributed by atoms with Crippen LogP contribution in [0, 0.1) is 0 Å². The molecule has 0 aliphatic carbocycles. The zero-order chi connectivity index (χ0) is 14.9. The smallest absolute Gasteiger partial charge is 0.136 e. The molecule has 4 nitrogen and oxygen atoms in total. The number of aryl methyl sites for hydroxylation is 1. The van der Waals surface area contributed by atoms with Crippen LogP contribution in [-0.2, 0) is 17.3 Å².